The number of benzene rings is 3. The van der Waals surface area contributed by atoms with Gasteiger partial charge in [0.05, 0.1) is 0 Å². The molecule has 3 rings (SSSR count). The largest absolute Gasteiger partial charge is 0.0990 e. The van der Waals surface area contributed by atoms with Crippen LogP contribution >= 0.6 is 0 Å². The lowest BCUT2D eigenvalue weighted by atomic mass is 10.0. The summed E-state index contributed by atoms with van der Waals surface area (Å²) in [7, 11) is 0. The third-order valence-corrected chi connectivity index (χ3v) is 5.94. The van der Waals surface area contributed by atoms with Crippen LogP contribution in [-0.4, -0.2) is 0 Å². The first kappa shape index (κ1) is 27.2. The molecule has 0 aromatic heterocycles. The Labute approximate surface area is 222 Å². The van der Waals surface area contributed by atoms with E-state index in [1.165, 1.54) is 22.3 Å². The molecule has 3 aromatic carbocycles. The Kier molecular flexibility index (Phi) is 10.9. The first-order valence-electron chi connectivity index (χ1n) is 12.7. The van der Waals surface area contributed by atoms with Gasteiger partial charge in [-0.3, -0.25) is 0 Å². The zero-order valence-corrected chi connectivity index (χ0v) is 21.8. The summed E-state index contributed by atoms with van der Waals surface area (Å²) in [6.45, 7) is 14.1. The molecule has 0 aliphatic heterocycles. The topological polar surface area (TPSA) is 0 Å². The average Bonchev–Trinajstić information content (AvgIpc) is 2.92. The molecule has 0 spiro atoms. The average molecular weight is 481 g/mol. The van der Waals surface area contributed by atoms with Crippen molar-refractivity contribution in [1.82, 2.24) is 0 Å². The van der Waals surface area contributed by atoms with Crippen LogP contribution in [0.4, 0.5) is 0 Å². The lowest BCUT2D eigenvalue weighted by Gasteiger charge is -2.04. The summed E-state index contributed by atoms with van der Waals surface area (Å²) in [6.07, 6.45) is 24.8. The maximum absolute atomic E-state index is 4.18. The molecule has 0 amide bonds. The minimum atomic E-state index is 0.982. The fraction of sp³-hybridized carbons (Fsp3) is 0.0811. The Hall–Kier alpha value is -4.42. The van der Waals surface area contributed by atoms with E-state index in [2.05, 4.69) is 130 Å². The van der Waals surface area contributed by atoms with Gasteiger partial charge in [-0.05, 0) is 58.0 Å². The van der Waals surface area contributed by atoms with E-state index in [1.54, 1.807) is 6.08 Å². The molecule has 37 heavy (non-hydrogen) atoms. The van der Waals surface area contributed by atoms with Crippen LogP contribution in [0.1, 0.15) is 35.1 Å². The van der Waals surface area contributed by atoms with Crippen molar-refractivity contribution < 1.29 is 0 Å². The molecule has 0 bridgehead atoms. The van der Waals surface area contributed by atoms with Crippen molar-refractivity contribution in [2.45, 2.75) is 19.8 Å². The van der Waals surface area contributed by atoms with Crippen molar-refractivity contribution in [3.63, 3.8) is 0 Å². The highest BCUT2D eigenvalue weighted by Gasteiger charge is 1.99. The molecule has 0 heteroatoms. The Morgan fingerprint density at radius 2 is 1.30 bits per heavy atom. The van der Waals surface area contributed by atoms with Crippen LogP contribution in [-0.2, 0) is 0 Å². The lowest BCUT2D eigenvalue weighted by Crippen LogP contribution is -2.24. The van der Waals surface area contributed by atoms with E-state index < -0.39 is 0 Å². The van der Waals surface area contributed by atoms with Crippen molar-refractivity contribution in [2.24, 2.45) is 0 Å². The van der Waals surface area contributed by atoms with Gasteiger partial charge in [-0.25, -0.2) is 0 Å². The van der Waals surface area contributed by atoms with Crippen molar-refractivity contribution in [2.75, 3.05) is 0 Å². The second-order valence-corrected chi connectivity index (χ2v) is 8.81. The minimum absolute atomic E-state index is 0.982. The standard InChI is InChI=1S/C37H36/c1-5-15-35(6-2)37(36-18-14-13-16-31(36)4)19-12-10-8-7-9-11-17-32-24-26-34(27-25-32)29-28-33-22-20-30(3)21-23-33/h5-6,8,10-29H,1-2,4,7,9H2,3H3/b10-8+,17-11-,19-12-,29-28+,35-15+,37-36+. The molecule has 3 aromatic rings. The molecule has 0 aliphatic rings. The number of hydrogen-bond acceptors (Lipinski definition) is 0. The first-order valence-corrected chi connectivity index (χ1v) is 12.7. The number of rotatable bonds is 11. The zero-order chi connectivity index (χ0) is 26.3. The van der Waals surface area contributed by atoms with Crippen LogP contribution in [0, 0.1) is 6.92 Å². The van der Waals surface area contributed by atoms with Crippen LogP contribution in [0.3, 0.4) is 0 Å². The monoisotopic (exact) mass is 480 g/mol. The molecular formula is C37H36. The molecule has 0 heterocycles. The van der Waals surface area contributed by atoms with Crippen LogP contribution in [0.5, 0.6) is 0 Å². The summed E-state index contributed by atoms with van der Waals surface area (Å²) in [5.74, 6) is 0. The van der Waals surface area contributed by atoms with E-state index in [4.69, 9.17) is 0 Å². The summed E-state index contributed by atoms with van der Waals surface area (Å²) in [5, 5.41) is 2.09. The van der Waals surface area contributed by atoms with Gasteiger partial charge in [-0.1, -0.05) is 165 Å². The molecule has 0 radical (unpaired) electrons. The molecule has 0 saturated carbocycles. The van der Waals surface area contributed by atoms with Crippen LogP contribution in [0.25, 0.3) is 30.4 Å². The summed E-state index contributed by atoms with van der Waals surface area (Å²) < 4.78 is 0. The molecule has 0 aliphatic carbocycles. The molecule has 0 saturated heterocycles. The quantitative estimate of drug-likeness (QED) is 0.146. The smallest absolute Gasteiger partial charge is 0.0106 e. The van der Waals surface area contributed by atoms with Gasteiger partial charge in [-0.15, -0.1) is 0 Å². The van der Waals surface area contributed by atoms with E-state index in [9.17, 15) is 0 Å². The normalized spacial score (nSPS) is 13.2. The van der Waals surface area contributed by atoms with Crippen LogP contribution in [0.15, 0.2) is 140 Å². The molecule has 0 atom stereocenters. The van der Waals surface area contributed by atoms with Gasteiger partial charge in [0.15, 0.2) is 0 Å². The van der Waals surface area contributed by atoms with Gasteiger partial charge >= 0.3 is 0 Å². The third-order valence-electron chi connectivity index (χ3n) is 5.94. The summed E-state index contributed by atoms with van der Waals surface area (Å²) in [6, 6.07) is 25.3. The van der Waals surface area contributed by atoms with Crippen LogP contribution < -0.4 is 10.4 Å². The Bertz CT molecular complexity index is 1430. The predicted molar refractivity (Wildman–Crippen MR) is 166 cm³/mol. The zero-order valence-electron chi connectivity index (χ0n) is 21.8. The van der Waals surface area contributed by atoms with Gasteiger partial charge in [0, 0.05) is 0 Å². The fourth-order valence-corrected chi connectivity index (χ4v) is 3.85. The van der Waals surface area contributed by atoms with E-state index >= 15 is 0 Å². The van der Waals surface area contributed by atoms with Crippen molar-refractivity contribution in [3.05, 3.63) is 173 Å². The maximum Gasteiger partial charge on any atom is -0.0106 e. The highest BCUT2D eigenvalue weighted by molar-refractivity contribution is 5.76. The van der Waals surface area contributed by atoms with Crippen molar-refractivity contribution in [1.29, 1.82) is 0 Å². The third kappa shape index (κ3) is 8.94. The number of hydrogen-bond donors (Lipinski definition) is 0. The SMILES string of the molecule is C=C/C=C(C=C)/C(/C=C\C=C\CC/C=C\c1ccc(/C=C/c2ccc(C)cc2)cc1)=c1\ccccc1=C. The fourth-order valence-electron chi connectivity index (χ4n) is 3.85. The summed E-state index contributed by atoms with van der Waals surface area (Å²) in [5.41, 5.74) is 7.02. The van der Waals surface area contributed by atoms with Crippen molar-refractivity contribution in [3.8, 4) is 0 Å². The molecule has 184 valence electrons. The van der Waals surface area contributed by atoms with Crippen LogP contribution in [0.2, 0.25) is 0 Å². The first-order chi connectivity index (χ1) is 18.1. The number of unbranched alkanes of at least 4 members (excludes halogenated alkanes) is 1. The van der Waals surface area contributed by atoms with Gasteiger partial charge in [0.1, 0.15) is 0 Å². The second kappa shape index (κ2) is 14.9. The Balaban J connectivity index is 1.54. The molecule has 0 fully saturated rings. The van der Waals surface area contributed by atoms with E-state index in [0.717, 1.165) is 34.4 Å². The van der Waals surface area contributed by atoms with Gasteiger partial charge in [-0.2, -0.15) is 0 Å². The molecule has 0 N–H and O–H groups in total. The second-order valence-electron chi connectivity index (χ2n) is 8.81. The number of allylic oxidation sites excluding steroid dienone is 9. The summed E-state index contributed by atoms with van der Waals surface area (Å²) in [4.78, 5) is 0. The molecule has 0 unspecified atom stereocenters. The van der Waals surface area contributed by atoms with E-state index in [1.807, 2.05) is 30.4 Å². The maximum atomic E-state index is 4.18. The van der Waals surface area contributed by atoms with Gasteiger partial charge in [0.2, 0.25) is 0 Å². The van der Waals surface area contributed by atoms with E-state index in [0.29, 0.717) is 0 Å². The lowest BCUT2D eigenvalue weighted by molar-refractivity contribution is 1.06. The molecular weight excluding hydrogens is 444 g/mol. The Morgan fingerprint density at radius 1 is 0.703 bits per heavy atom. The highest BCUT2D eigenvalue weighted by Crippen LogP contribution is 2.14. The van der Waals surface area contributed by atoms with Gasteiger partial charge in [0.25, 0.3) is 0 Å². The number of aryl methyl sites for hydroxylation is 1. The summed E-state index contributed by atoms with van der Waals surface area (Å²) >= 11 is 0. The Morgan fingerprint density at radius 3 is 1.92 bits per heavy atom. The predicted octanol–water partition coefficient (Wildman–Crippen LogP) is 8.63. The minimum Gasteiger partial charge on any atom is -0.0990 e. The highest BCUT2D eigenvalue weighted by atomic mass is 14.0. The van der Waals surface area contributed by atoms with Crippen molar-refractivity contribution >= 4 is 30.4 Å². The van der Waals surface area contributed by atoms with E-state index in [-0.39, 0.29) is 0 Å². The molecule has 0 nitrogen and oxygen atoms in total. The van der Waals surface area contributed by atoms with Gasteiger partial charge < -0.3 is 0 Å².